The summed E-state index contributed by atoms with van der Waals surface area (Å²) >= 11 is 1.55. The Morgan fingerprint density at radius 3 is 2.62 bits per heavy atom. The normalized spacial score (nSPS) is 11.8. The van der Waals surface area contributed by atoms with E-state index in [0.717, 1.165) is 21.1 Å². The van der Waals surface area contributed by atoms with E-state index in [9.17, 15) is 9.18 Å². The van der Waals surface area contributed by atoms with Crippen molar-refractivity contribution in [1.82, 2.24) is 10.3 Å². The number of benzene rings is 2. The van der Waals surface area contributed by atoms with Crippen molar-refractivity contribution in [3.05, 3.63) is 71.0 Å². The van der Waals surface area contributed by atoms with Crippen LogP contribution < -0.4 is 10.1 Å². The quantitative estimate of drug-likeness (QED) is 0.702. The van der Waals surface area contributed by atoms with Gasteiger partial charge in [-0.1, -0.05) is 42.5 Å². The van der Waals surface area contributed by atoms with Crippen molar-refractivity contribution >= 4 is 17.2 Å². The summed E-state index contributed by atoms with van der Waals surface area (Å²) in [6.07, 6.45) is -0.797. The van der Waals surface area contributed by atoms with E-state index in [1.54, 1.807) is 30.4 Å². The fraction of sp³-hybridized carbons (Fsp3) is 0.200. The smallest absolute Gasteiger partial charge is 0.261 e. The van der Waals surface area contributed by atoms with Crippen LogP contribution in [0, 0.1) is 12.7 Å². The molecule has 26 heavy (non-hydrogen) atoms. The van der Waals surface area contributed by atoms with E-state index in [4.69, 9.17) is 4.74 Å². The molecule has 3 rings (SSSR count). The van der Waals surface area contributed by atoms with Gasteiger partial charge in [0.05, 0.1) is 12.2 Å². The molecule has 1 atom stereocenters. The van der Waals surface area contributed by atoms with Crippen LogP contribution in [0.3, 0.4) is 0 Å². The summed E-state index contributed by atoms with van der Waals surface area (Å²) in [6.45, 7) is 3.88. The van der Waals surface area contributed by atoms with Crippen molar-refractivity contribution in [2.45, 2.75) is 26.5 Å². The molecule has 2 aromatic carbocycles. The number of nitrogens with zero attached hydrogens (tertiary/aromatic N) is 1. The third kappa shape index (κ3) is 4.26. The van der Waals surface area contributed by atoms with Crippen molar-refractivity contribution < 1.29 is 13.9 Å². The minimum absolute atomic E-state index is 0.0653. The fourth-order valence-electron chi connectivity index (χ4n) is 2.39. The van der Waals surface area contributed by atoms with Gasteiger partial charge in [0.1, 0.15) is 5.01 Å². The zero-order chi connectivity index (χ0) is 18.5. The van der Waals surface area contributed by atoms with E-state index in [-0.39, 0.29) is 11.7 Å². The van der Waals surface area contributed by atoms with Crippen LogP contribution >= 0.6 is 11.3 Å². The summed E-state index contributed by atoms with van der Waals surface area (Å²) < 4.78 is 19.0. The van der Waals surface area contributed by atoms with Gasteiger partial charge in [0.15, 0.2) is 17.7 Å². The predicted octanol–water partition coefficient (Wildman–Crippen LogP) is 4.34. The average molecular weight is 370 g/mol. The van der Waals surface area contributed by atoms with Crippen LogP contribution in [0.2, 0.25) is 0 Å². The van der Waals surface area contributed by atoms with Gasteiger partial charge in [0, 0.05) is 10.4 Å². The van der Waals surface area contributed by atoms with Gasteiger partial charge in [0.2, 0.25) is 0 Å². The highest BCUT2D eigenvalue weighted by molar-refractivity contribution is 7.15. The molecule has 0 spiro atoms. The third-order valence-corrected chi connectivity index (χ3v) is 5.05. The van der Waals surface area contributed by atoms with Crippen molar-refractivity contribution in [3.63, 3.8) is 0 Å². The number of para-hydroxylation sites is 1. The van der Waals surface area contributed by atoms with Crippen molar-refractivity contribution in [2.24, 2.45) is 0 Å². The Morgan fingerprint density at radius 2 is 1.88 bits per heavy atom. The average Bonchev–Trinajstić information content (AvgIpc) is 3.03. The minimum Gasteiger partial charge on any atom is -0.478 e. The van der Waals surface area contributed by atoms with Crippen LogP contribution in [0.1, 0.15) is 17.5 Å². The number of ether oxygens (including phenoxy) is 1. The molecule has 0 fully saturated rings. The largest absolute Gasteiger partial charge is 0.478 e. The zero-order valence-corrected chi connectivity index (χ0v) is 15.3. The number of carbonyl (C=O) groups excluding carboxylic acids is 1. The number of rotatable bonds is 6. The van der Waals surface area contributed by atoms with Gasteiger partial charge in [-0.15, -0.1) is 11.3 Å². The minimum atomic E-state index is -0.797. The number of hydrogen-bond acceptors (Lipinski definition) is 4. The maximum absolute atomic E-state index is 13.6. The topological polar surface area (TPSA) is 51.2 Å². The first kappa shape index (κ1) is 18.1. The molecule has 0 aliphatic heterocycles. The van der Waals surface area contributed by atoms with E-state index >= 15 is 0 Å². The van der Waals surface area contributed by atoms with Crippen LogP contribution in [0.15, 0.2) is 54.6 Å². The molecule has 1 amide bonds. The summed E-state index contributed by atoms with van der Waals surface area (Å²) in [5, 5.41) is 3.75. The van der Waals surface area contributed by atoms with E-state index < -0.39 is 11.9 Å². The molecule has 0 saturated carbocycles. The maximum atomic E-state index is 13.6. The van der Waals surface area contributed by atoms with Gasteiger partial charge < -0.3 is 10.1 Å². The van der Waals surface area contributed by atoms with E-state index in [1.807, 2.05) is 37.3 Å². The summed E-state index contributed by atoms with van der Waals surface area (Å²) in [6, 6.07) is 15.9. The summed E-state index contributed by atoms with van der Waals surface area (Å²) in [5.74, 6) is -0.726. The highest BCUT2D eigenvalue weighted by Crippen LogP contribution is 2.27. The molecule has 0 saturated heterocycles. The Bertz CT molecular complexity index is 896. The fourth-order valence-corrected chi connectivity index (χ4v) is 3.40. The molecule has 0 bridgehead atoms. The number of thiazole rings is 1. The number of halogens is 1. The maximum Gasteiger partial charge on any atom is 0.261 e. The first-order valence-corrected chi connectivity index (χ1v) is 9.07. The lowest BCUT2D eigenvalue weighted by Gasteiger charge is -2.14. The lowest BCUT2D eigenvalue weighted by atomic mass is 10.2. The van der Waals surface area contributed by atoms with Crippen LogP contribution in [-0.2, 0) is 11.3 Å². The molecule has 0 aliphatic carbocycles. The third-order valence-electron chi connectivity index (χ3n) is 3.85. The van der Waals surface area contributed by atoms with Crippen LogP contribution in [0.5, 0.6) is 5.75 Å². The molecule has 0 unspecified atom stereocenters. The Hall–Kier alpha value is -2.73. The Morgan fingerprint density at radius 1 is 1.19 bits per heavy atom. The van der Waals surface area contributed by atoms with Crippen molar-refractivity contribution in [1.29, 1.82) is 0 Å². The van der Waals surface area contributed by atoms with Gasteiger partial charge in [-0.2, -0.15) is 0 Å². The zero-order valence-electron chi connectivity index (χ0n) is 14.5. The summed E-state index contributed by atoms with van der Waals surface area (Å²) in [4.78, 5) is 17.8. The molecule has 0 aliphatic rings. The SMILES string of the molecule is Cc1nc(-c2ccccc2)sc1CNC(=O)[C@H](C)Oc1ccccc1F. The van der Waals surface area contributed by atoms with Crippen molar-refractivity contribution in [3.8, 4) is 16.3 Å². The summed E-state index contributed by atoms with van der Waals surface area (Å²) in [7, 11) is 0. The monoisotopic (exact) mass is 370 g/mol. The number of hydrogen-bond donors (Lipinski definition) is 1. The second kappa shape index (κ2) is 8.10. The van der Waals surface area contributed by atoms with Gasteiger partial charge in [-0.25, -0.2) is 9.37 Å². The predicted molar refractivity (Wildman–Crippen MR) is 101 cm³/mol. The molecular formula is C20H19FN2O2S. The molecule has 4 nitrogen and oxygen atoms in total. The Kier molecular flexibility index (Phi) is 5.63. The molecule has 3 aromatic rings. The second-order valence-corrected chi connectivity index (χ2v) is 6.89. The number of nitrogens with one attached hydrogen (secondary N) is 1. The van der Waals surface area contributed by atoms with Crippen LogP contribution in [0.25, 0.3) is 10.6 Å². The van der Waals surface area contributed by atoms with Gasteiger partial charge in [-0.05, 0) is 26.0 Å². The number of carbonyl (C=O) groups is 1. The first-order valence-electron chi connectivity index (χ1n) is 8.25. The number of amides is 1. The van der Waals surface area contributed by atoms with Crippen LogP contribution in [0.4, 0.5) is 4.39 Å². The van der Waals surface area contributed by atoms with Gasteiger partial charge >= 0.3 is 0 Å². The highest BCUT2D eigenvalue weighted by atomic mass is 32.1. The Balaban J connectivity index is 1.61. The van der Waals surface area contributed by atoms with Gasteiger partial charge in [-0.3, -0.25) is 4.79 Å². The number of aromatic nitrogens is 1. The first-order chi connectivity index (χ1) is 12.5. The van der Waals surface area contributed by atoms with E-state index in [2.05, 4.69) is 10.3 Å². The standard InChI is InChI=1S/C20H19FN2O2S/c1-13-18(26-20(23-13)15-8-4-3-5-9-15)12-22-19(24)14(2)25-17-11-7-6-10-16(17)21/h3-11,14H,12H2,1-2H3,(H,22,24)/t14-/m0/s1. The number of aryl methyl sites for hydroxylation is 1. The molecule has 0 radical (unpaired) electrons. The molecule has 134 valence electrons. The van der Waals surface area contributed by atoms with Crippen LogP contribution in [-0.4, -0.2) is 17.0 Å². The summed E-state index contributed by atoms with van der Waals surface area (Å²) in [5.41, 5.74) is 1.94. The lowest BCUT2D eigenvalue weighted by Crippen LogP contribution is -2.36. The molecule has 1 heterocycles. The molecule has 1 aromatic heterocycles. The lowest BCUT2D eigenvalue weighted by molar-refractivity contribution is -0.127. The second-order valence-electron chi connectivity index (χ2n) is 5.80. The van der Waals surface area contributed by atoms with Crippen molar-refractivity contribution in [2.75, 3.05) is 0 Å². The molecule has 1 N–H and O–H groups in total. The molecule has 6 heteroatoms. The van der Waals surface area contributed by atoms with E-state index in [1.165, 1.54) is 12.1 Å². The van der Waals surface area contributed by atoms with E-state index in [0.29, 0.717) is 6.54 Å². The van der Waals surface area contributed by atoms with Gasteiger partial charge in [0.25, 0.3) is 5.91 Å². The molecular weight excluding hydrogens is 351 g/mol. The highest BCUT2D eigenvalue weighted by Gasteiger charge is 2.17. The Labute approximate surface area is 155 Å².